The van der Waals surface area contributed by atoms with Crippen LogP contribution in [0.4, 0.5) is 25.0 Å². The minimum Gasteiger partial charge on any atom is -0.367 e. The molecule has 0 radical (unpaired) electrons. The van der Waals surface area contributed by atoms with Crippen LogP contribution in [-0.4, -0.2) is 50.2 Å². The van der Waals surface area contributed by atoms with Gasteiger partial charge in [-0.15, -0.1) is 0 Å². The summed E-state index contributed by atoms with van der Waals surface area (Å²) < 4.78 is 28.4. The molecular formula is C17H22F2N4O. The van der Waals surface area contributed by atoms with Gasteiger partial charge in [0.2, 0.25) is 0 Å². The van der Waals surface area contributed by atoms with Crippen molar-refractivity contribution in [2.75, 3.05) is 49.5 Å². The molecule has 0 saturated carbocycles. The number of amides is 2. The highest BCUT2D eigenvalue weighted by Gasteiger charge is 2.21. The van der Waals surface area contributed by atoms with Crippen molar-refractivity contribution < 1.29 is 13.6 Å². The lowest BCUT2D eigenvalue weighted by Crippen LogP contribution is -2.36. The maximum Gasteiger partial charge on any atom is 0.319 e. The minimum atomic E-state index is -0.643. The van der Waals surface area contributed by atoms with Gasteiger partial charge >= 0.3 is 6.03 Å². The SMILES string of the molecule is O=C(NCCN1CC=CC1)Nc1cc(F)c(N2CCCC2)c(F)c1. The largest absolute Gasteiger partial charge is 0.367 e. The molecule has 0 aromatic heterocycles. The van der Waals surface area contributed by atoms with Crippen molar-refractivity contribution in [3.63, 3.8) is 0 Å². The van der Waals surface area contributed by atoms with E-state index in [0.717, 1.165) is 32.5 Å². The Kier molecular flexibility index (Phi) is 5.30. The number of nitrogens with zero attached hydrogens (tertiary/aromatic N) is 2. The third-order valence-corrected chi connectivity index (χ3v) is 4.30. The van der Waals surface area contributed by atoms with Crippen molar-refractivity contribution in [3.8, 4) is 0 Å². The van der Waals surface area contributed by atoms with Crippen molar-refractivity contribution >= 4 is 17.4 Å². The van der Waals surface area contributed by atoms with E-state index < -0.39 is 17.7 Å². The summed E-state index contributed by atoms with van der Waals surface area (Å²) in [7, 11) is 0. The summed E-state index contributed by atoms with van der Waals surface area (Å²) in [4.78, 5) is 15.7. The van der Waals surface area contributed by atoms with E-state index in [1.54, 1.807) is 4.90 Å². The molecule has 2 aliphatic heterocycles. The summed E-state index contributed by atoms with van der Waals surface area (Å²) in [5, 5.41) is 5.18. The van der Waals surface area contributed by atoms with Crippen LogP contribution < -0.4 is 15.5 Å². The summed E-state index contributed by atoms with van der Waals surface area (Å²) in [6, 6.07) is 1.87. The first-order valence-electron chi connectivity index (χ1n) is 8.29. The molecule has 2 N–H and O–H groups in total. The van der Waals surface area contributed by atoms with E-state index in [2.05, 4.69) is 27.7 Å². The van der Waals surface area contributed by atoms with Crippen LogP contribution in [0.1, 0.15) is 12.8 Å². The lowest BCUT2D eigenvalue weighted by Gasteiger charge is -2.20. The number of urea groups is 1. The molecule has 0 atom stereocenters. The van der Waals surface area contributed by atoms with Crippen LogP contribution in [0.5, 0.6) is 0 Å². The molecule has 0 unspecified atom stereocenters. The van der Waals surface area contributed by atoms with Crippen LogP contribution in [0.15, 0.2) is 24.3 Å². The standard InChI is InChI=1S/C17H22F2N4O/c18-14-11-13(12-15(19)16(14)23-8-3-4-9-23)21-17(24)20-5-10-22-6-1-2-7-22/h1-2,11-12H,3-10H2,(H2,20,21,24). The fourth-order valence-electron chi connectivity index (χ4n) is 3.09. The highest BCUT2D eigenvalue weighted by atomic mass is 19.1. The molecular weight excluding hydrogens is 314 g/mol. The molecule has 7 heteroatoms. The van der Waals surface area contributed by atoms with Crippen LogP contribution in [0.2, 0.25) is 0 Å². The maximum absolute atomic E-state index is 14.2. The van der Waals surface area contributed by atoms with Gasteiger partial charge in [0.1, 0.15) is 5.69 Å². The average Bonchev–Trinajstić information content (AvgIpc) is 3.20. The molecule has 24 heavy (non-hydrogen) atoms. The van der Waals surface area contributed by atoms with E-state index in [1.165, 1.54) is 12.1 Å². The Balaban J connectivity index is 1.53. The third-order valence-electron chi connectivity index (χ3n) is 4.30. The van der Waals surface area contributed by atoms with Crippen molar-refractivity contribution in [1.29, 1.82) is 0 Å². The van der Waals surface area contributed by atoms with Gasteiger partial charge in [-0.3, -0.25) is 4.90 Å². The van der Waals surface area contributed by atoms with Crippen LogP contribution in [0, 0.1) is 11.6 Å². The maximum atomic E-state index is 14.2. The van der Waals surface area contributed by atoms with E-state index in [9.17, 15) is 13.6 Å². The Morgan fingerprint density at radius 2 is 1.71 bits per heavy atom. The van der Waals surface area contributed by atoms with E-state index in [4.69, 9.17) is 0 Å². The number of benzene rings is 1. The zero-order valence-corrected chi connectivity index (χ0v) is 13.5. The van der Waals surface area contributed by atoms with Gasteiger partial charge in [0.15, 0.2) is 11.6 Å². The first-order valence-corrected chi connectivity index (χ1v) is 8.29. The van der Waals surface area contributed by atoms with Gasteiger partial charge in [0.05, 0.1) is 0 Å². The van der Waals surface area contributed by atoms with E-state index in [0.29, 0.717) is 19.6 Å². The van der Waals surface area contributed by atoms with Crippen LogP contribution >= 0.6 is 0 Å². The summed E-state index contributed by atoms with van der Waals surface area (Å²) in [6.45, 7) is 4.30. The predicted molar refractivity (Wildman–Crippen MR) is 90.4 cm³/mol. The zero-order chi connectivity index (χ0) is 16.9. The number of halogens is 2. The molecule has 0 spiro atoms. The molecule has 1 saturated heterocycles. The number of hydrogen-bond donors (Lipinski definition) is 2. The fourth-order valence-corrected chi connectivity index (χ4v) is 3.09. The Bertz CT molecular complexity index is 598. The van der Waals surface area contributed by atoms with Crippen LogP contribution in [0.25, 0.3) is 0 Å². The molecule has 130 valence electrons. The van der Waals surface area contributed by atoms with Gasteiger partial charge in [-0.1, -0.05) is 12.2 Å². The molecule has 2 aliphatic rings. The van der Waals surface area contributed by atoms with E-state index in [-0.39, 0.29) is 11.4 Å². The molecule has 0 aliphatic carbocycles. The van der Waals surface area contributed by atoms with E-state index >= 15 is 0 Å². The molecule has 2 amide bonds. The van der Waals surface area contributed by atoms with Gasteiger partial charge in [-0.25, -0.2) is 13.6 Å². The summed E-state index contributed by atoms with van der Waals surface area (Å²) >= 11 is 0. The minimum absolute atomic E-state index is 0.00000781. The summed E-state index contributed by atoms with van der Waals surface area (Å²) in [6.07, 6.45) is 6.03. The van der Waals surface area contributed by atoms with Crippen molar-refractivity contribution in [1.82, 2.24) is 10.2 Å². The Morgan fingerprint density at radius 3 is 2.33 bits per heavy atom. The Labute approximate surface area is 140 Å². The monoisotopic (exact) mass is 336 g/mol. The second-order valence-corrected chi connectivity index (χ2v) is 6.09. The summed E-state index contributed by atoms with van der Waals surface area (Å²) in [5.41, 5.74) is 0.119. The van der Waals surface area contributed by atoms with Gasteiger partial charge in [0, 0.05) is 45.0 Å². The number of carbonyl (C=O) groups is 1. The number of rotatable bonds is 5. The second-order valence-electron chi connectivity index (χ2n) is 6.09. The quantitative estimate of drug-likeness (QED) is 0.813. The Morgan fingerprint density at radius 1 is 1.08 bits per heavy atom. The molecule has 2 heterocycles. The number of anilines is 2. The topological polar surface area (TPSA) is 47.6 Å². The molecule has 1 fully saturated rings. The molecule has 3 rings (SSSR count). The lowest BCUT2D eigenvalue weighted by atomic mass is 10.2. The average molecular weight is 336 g/mol. The molecule has 5 nitrogen and oxygen atoms in total. The fraction of sp³-hybridized carbons (Fsp3) is 0.471. The van der Waals surface area contributed by atoms with Gasteiger partial charge in [-0.05, 0) is 25.0 Å². The number of carbonyl (C=O) groups excluding carboxylic acids is 1. The number of hydrogen-bond acceptors (Lipinski definition) is 3. The Hall–Kier alpha value is -2.15. The normalized spacial score (nSPS) is 17.5. The molecule has 1 aromatic rings. The number of nitrogens with one attached hydrogen (secondary N) is 2. The second kappa shape index (κ2) is 7.61. The molecule has 1 aromatic carbocycles. The third kappa shape index (κ3) is 4.03. The van der Waals surface area contributed by atoms with Gasteiger partial charge in [-0.2, -0.15) is 0 Å². The predicted octanol–water partition coefficient (Wildman–Crippen LogP) is 2.56. The lowest BCUT2D eigenvalue weighted by molar-refractivity contribution is 0.250. The first kappa shape index (κ1) is 16.7. The first-order chi connectivity index (χ1) is 11.6. The van der Waals surface area contributed by atoms with Crippen molar-refractivity contribution in [2.24, 2.45) is 0 Å². The highest BCUT2D eigenvalue weighted by Crippen LogP contribution is 2.29. The highest BCUT2D eigenvalue weighted by molar-refractivity contribution is 5.89. The van der Waals surface area contributed by atoms with Gasteiger partial charge in [0.25, 0.3) is 0 Å². The van der Waals surface area contributed by atoms with Crippen LogP contribution in [-0.2, 0) is 0 Å². The van der Waals surface area contributed by atoms with Crippen molar-refractivity contribution in [2.45, 2.75) is 12.8 Å². The smallest absolute Gasteiger partial charge is 0.319 e. The van der Waals surface area contributed by atoms with Crippen molar-refractivity contribution in [3.05, 3.63) is 35.9 Å². The summed E-state index contributed by atoms with van der Waals surface area (Å²) in [5.74, 6) is -1.29. The molecule has 0 bridgehead atoms. The van der Waals surface area contributed by atoms with E-state index in [1.807, 2.05) is 0 Å². The van der Waals surface area contributed by atoms with Gasteiger partial charge < -0.3 is 15.5 Å². The zero-order valence-electron chi connectivity index (χ0n) is 13.5. The van der Waals surface area contributed by atoms with Crippen LogP contribution in [0.3, 0.4) is 0 Å².